The van der Waals surface area contributed by atoms with Gasteiger partial charge in [0.05, 0.1) is 32.3 Å². The number of nitrogens with one attached hydrogen (secondary N) is 2. The van der Waals surface area contributed by atoms with Crippen molar-refractivity contribution in [3.63, 3.8) is 0 Å². The van der Waals surface area contributed by atoms with Crippen LogP contribution in [0.25, 0.3) is 0 Å². The highest BCUT2D eigenvalue weighted by Gasteiger charge is 2.33. The predicted molar refractivity (Wildman–Crippen MR) is 130 cm³/mol. The second-order valence-corrected chi connectivity index (χ2v) is 7.67. The molecule has 30 heavy (non-hydrogen) atoms. The van der Waals surface area contributed by atoms with Crippen molar-refractivity contribution in [1.29, 1.82) is 0 Å². The molecule has 2 aliphatic rings. The Labute approximate surface area is 197 Å². The van der Waals surface area contributed by atoms with Crippen LogP contribution in [0.2, 0.25) is 0 Å². The van der Waals surface area contributed by atoms with Crippen molar-refractivity contribution < 1.29 is 14.3 Å². The van der Waals surface area contributed by atoms with E-state index < -0.39 is 0 Å². The molecule has 0 aromatic heterocycles. The van der Waals surface area contributed by atoms with Crippen LogP contribution in [0.3, 0.4) is 0 Å². The number of hydrogen-bond acceptors (Lipinski definition) is 4. The minimum absolute atomic E-state index is 0. The molecule has 2 fully saturated rings. The van der Waals surface area contributed by atoms with E-state index >= 15 is 0 Å². The maximum Gasteiger partial charge on any atom is 0.407 e. The molecule has 2 N–H and O–H groups in total. The lowest BCUT2D eigenvalue weighted by Crippen LogP contribution is -2.49. The number of amides is 1. The Morgan fingerprint density at radius 2 is 2.10 bits per heavy atom. The lowest BCUT2D eigenvalue weighted by molar-refractivity contribution is -0.00834. The van der Waals surface area contributed by atoms with Gasteiger partial charge in [0, 0.05) is 13.1 Å². The lowest BCUT2D eigenvalue weighted by Gasteiger charge is -2.36. The van der Waals surface area contributed by atoms with Crippen LogP contribution in [-0.4, -0.2) is 62.4 Å². The second-order valence-electron chi connectivity index (χ2n) is 7.67. The van der Waals surface area contributed by atoms with Crippen LogP contribution in [0.15, 0.2) is 29.3 Å². The van der Waals surface area contributed by atoms with Crippen LogP contribution < -0.4 is 10.6 Å². The van der Waals surface area contributed by atoms with E-state index in [2.05, 4.69) is 53.6 Å². The fourth-order valence-corrected chi connectivity index (χ4v) is 3.72. The van der Waals surface area contributed by atoms with Gasteiger partial charge in [-0.05, 0) is 50.7 Å². The Kier molecular flexibility index (Phi) is 10.2. The van der Waals surface area contributed by atoms with Gasteiger partial charge in [0.1, 0.15) is 6.10 Å². The van der Waals surface area contributed by atoms with Gasteiger partial charge in [-0.1, -0.05) is 24.3 Å². The molecule has 1 heterocycles. The molecule has 1 aliphatic carbocycles. The van der Waals surface area contributed by atoms with E-state index in [-0.39, 0.29) is 42.2 Å². The maximum absolute atomic E-state index is 11.9. The summed E-state index contributed by atoms with van der Waals surface area (Å²) in [5.74, 6) is 1.38. The van der Waals surface area contributed by atoms with Gasteiger partial charge in [-0.15, -0.1) is 24.0 Å². The number of alkyl carbamates (subject to hydrolysis) is 1. The van der Waals surface area contributed by atoms with E-state index in [9.17, 15) is 4.79 Å². The molecule has 1 saturated heterocycles. The number of hydrogen-bond donors (Lipinski definition) is 2. The van der Waals surface area contributed by atoms with Gasteiger partial charge in [0.25, 0.3) is 0 Å². The number of carbonyl (C=O) groups excluding carboxylic acids is 1. The summed E-state index contributed by atoms with van der Waals surface area (Å²) >= 11 is 0. The highest BCUT2D eigenvalue weighted by Crippen LogP contribution is 2.33. The molecule has 1 aliphatic heterocycles. The molecule has 8 heteroatoms. The quantitative estimate of drug-likeness (QED) is 0.321. The second kappa shape index (κ2) is 12.3. The van der Waals surface area contributed by atoms with E-state index in [0.29, 0.717) is 25.7 Å². The molecular formula is C22H35IN4O3. The molecule has 7 nitrogen and oxygen atoms in total. The largest absolute Gasteiger partial charge is 0.450 e. The van der Waals surface area contributed by atoms with E-state index in [4.69, 9.17) is 14.5 Å². The van der Waals surface area contributed by atoms with E-state index in [0.717, 1.165) is 38.4 Å². The van der Waals surface area contributed by atoms with Crippen LogP contribution in [-0.2, 0) is 9.47 Å². The topological polar surface area (TPSA) is 75.2 Å². The van der Waals surface area contributed by atoms with Crippen molar-refractivity contribution >= 4 is 36.0 Å². The molecule has 2 unspecified atom stereocenters. The average molecular weight is 530 g/mol. The Morgan fingerprint density at radius 3 is 2.77 bits per heavy atom. The number of guanidine groups is 1. The van der Waals surface area contributed by atoms with Crippen molar-refractivity contribution in [3.05, 3.63) is 35.4 Å². The number of halogens is 1. The van der Waals surface area contributed by atoms with Gasteiger partial charge in [-0.25, -0.2) is 4.79 Å². The van der Waals surface area contributed by atoms with Gasteiger partial charge in [0.15, 0.2) is 5.96 Å². The summed E-state index contributed by atoms with van der Waals surface area (Å²) in [7, 11) is 0. The van der Waals surface area contributed by atoms with Gasteiger partial charge in [-0.2, -0.15) is 0 Å². The first kappa shape index (κ1) is 24.7. The third-order valence-electron chi connectivity index (χ3n) is 5.44. The third kappa shape index (κ3) is 7.01. The first-order valence-electron chi connectivity index (χ1n) is 10.8. The standard InChI is InChI=1S/C22H34N4O3.HI/c1-4-23-21(24-14-19(17-10-11-17)25-22(27)28-5-2)26-12-13-29-20(15-26)18-9-7-6-8-16(18)3;/h6-9,17,19-20H,4-5,10-15H2,1-3H3,(H,23,24)(H,25,27);1H. The van der Waals surface area contributed by atoms with Crippen molar-refractivity contribution in [3.8, 4) is 0 Å². The molecule has 0 spiro atoms. The third-order valence-corrected chi connectivity index (χ3v) is 5.44. The predicted octanol–water partition coefficient (Wildman–Crippen LogP) is 3.48. The van der Waals surface area contributed by atoms with Crippen molar-refractivity contribution in [2.24, 2.45) is 10.9 Å². The number of carbonyl (C=O) groups is 1. The number of ether oxygens (including phenoxy) is 2. The molecular weight excluding hydrogens is 495 g/mol. The summed E-state index contributed by atoms with van der Waals surface area (Å²) < 4.78 is 11.1. The first-order valence-corrected chi connectivity index (χ1v) is 10.8. The summed E-state index contributed by atoms with van der Waals surface area (Å²) in [5.41, 5.74) is 2.47. The summed E-state index contributed by atoms with van der Waals surface area (Å²) in [5, 5.41) is 6.39. The number of nitrogens with zero attached hydrogens (tertiary/aromatic N) is 2. The number of aryl methyl sites for hydroxylation is 1. The molecule has 1 saturated carbocycles. The zero-order chi connectivity index (χ0) is 20.6. The Balaban J connectivity index is 0.00000320. The molecule has 168 valence electrons. The lowest BCUT2D eigenvalue weighted by atomic mass is 10.0. The van der Waals surface area contributed by atoms with Crippen molar-refractivity contribution in [1.82, 2.24) is 15.5 Å². The fraction of sp³-hybridized carbons (Fsp3) is 0.636. The van der Waals surface area contributed by atoms with E-state index in [1.54, 1.807) is 0 Å². The Morgan fingerprint density at radius 1 is 1.33 bits per heavy atom. The van der Waals surface area contributed by atoms with E-state index in [1.165, 1.54) is 11.1 Å². The normalized spacial score (nSPS) is 20.2. The van der Waals surface area contributed by atoms with Gasteiger partial charge >= 0.3 is 6.09 Å². The van der Waals surface area contributed by atoms with Crippen LogP contribution >= 0.6 is 24.0 Å². The molecule has 2 atom stereocenters. The van der Waals surface area contributed by atoms with Gasteiger partial charge in [-0.3, -0.25) is 4.99 Å². The van der Waals surface area contributed by atoms with Crippen molar-refractivity contribution in [2.45, 2.75) is 45.8 Å². The fourth-order valence-electron chi connectivity index (χ4n) is 3.72. The summed E-state index contributed by atoms with van der Waals surface area (Å²) in [4.78, 5) is 19.0. The molecule has 0 radical (unpaired) electrons. The molecule has 3 rings (SSSR count). The van der Waals surface area contributed by atoms with Crippen LogP contribution in [0.5, 0.6) is 0 Å². The molecule has 0 bridgehead atoms. The zero-order valence-corrected chi connectivity index (χ0v) is 20.6. The minimum atomic E-state index is -0.351. The molecule has 1 aromatic carbocycles. The number of rotatable bonds is 7. The maximum atomic E-state index is 11.9. The monoisotopic (exact) mass is 530 g/mol. The Hall–Kier alpha value is -1.55. The zero-order valence-electron chi connectivity index (χ0n) is 18.2. The number of morpholine rings is 1. The SMILES string of the molecule is CCNC(=NCC(NC(=O)OCC)C1CC1)N1CCOC(c2ccccc2C)C1.I. The Bertz CT molecular complexity index is 711. The smallest absolute Gasteiger partial charge is 0.407 e. The van der Waals surface area contributed by atoms with Crippen LogP contribution in [0, 0.1) is 12.8 Å². The summed E-state index contributed by atoms with van der Waals surface area (Å²) in [6.45, 7) is 9.96. The number of benzene rings is 1. The summed E-state index contributed by atoms with van der Waals surface area (Å²) in [6.07, 6.45) is 1.95. The van der Waals surface area contributed by atoms with Crippen molar-refractivity contribution in [2.75, 3.05) is 39.4 Å². The summed E-state index contributed by atoms with van der Waals surface area (Å²) in [6, 6.07) is 8.40. The van der Waals surface area contributed by atoms with Crippen LogP contribution in [0.1, 0.15) is 43.9 Å². The van der Waals surface area contributed by atoms with Gasteiger partial charge < -0.3 is 25.0 Å². The first-order chi connectivity index (χ1) is 14.1. The highest BCUT2D eigenvalue weighted by atomic mass is 127. The highest BCUT2D eigenvalue weighted by molar-refractivity contribution is 14.0. The van der Waals surface area contributed by atoms with Crippen LogP contribution in [0.4, 0.5) is 4.79 Å². The molecule has 1 amide bonds. The van der Waals surface area contributed by atoms with Gasteiger partial charge in [0.2, 0.25) is 0 Å². The van der Waals surface area contributed by atoms with E-state index in [1.807, 2.05) is 6.92 Å². The minimum Gasteiger partial charge on any atom is -0.450 e. The molecule has 1 aromatic rings. The number of aliphatic imine (C=N–C) groups is 1. The average Bonchev–Trinajstić information content (AvgIpc) is 3.56.